The maximum Gasteiger partial charge on any atom is 0.404 e. The number of alkyl halides is 3. The molecule has 66 valence electrons. The monoisotopic (exact) mass is 167 g/mol. The van der Waals surface area contributed by atoms with Crippen LogP contribution in [0.3, 0.4) is 0 Å². The SMILES string of the molecule is CCN1CCC[C@H]1C(F)(F)F. The van der Waals surface area contributed by atoms with Crippen LogP contribution in [0.4, 0.5) is 13.2 Å². The standard InChI is InChI=1S/C7H12F3N/c1-2-11-5-3-4-6(11)7(8,9)10/h6H,2-5H2,1H3/t6-/m0/s1. The summed E-state index contributed by atoms with van der Waals surface area (Å²) in [7, 11) is 0. The van der Waals surface area contributed by atoms with Crippen LogP contribution in [0.15, 0.2) is 0 Å². The molecule has 0 aromatic carbocycles. The van der Waals surface area contributed by atoms with Gasteiger partial charge in [-0.15, -0.1) is 0 Å². The molecular formula is C7H12F3N. The minimum absolute atomic E-state index is 0.275. The van der Waals surface area contributed by atoms with Crippen LogP contribution in [0.5, 0.6) is 0 Å². The van der Waals surface area contributed by atoms with Crippen molar-refractivity contribution in [2.24, 2.45) is 0 Å². The van der Waals surface area contributed by atoms with E-state index < -0.39 is 12.2 Å². The zero-order valence-corrected chi connectivity index (χ0v) is 6.49. The summed E-state index contributed by atoms with van der Waals surface area (Å²) in [6, 6.07) is -1.17. The minimum atomic E-state index is -4.02. The average Bonchev–Trinajstić information content (AvgIpc) is 2.31. The van der Waals surface area contributed by atoms with Gasteiger partial charge in [-0.3, -0.25) is 4.90 Å². The fourth-order valence-corrected chi connectivity index (χ4v) is 1.58. The molecule has 0 radical (unpaired) electrons. The Bertz CT molecular complexity index is 132. The van der Waals surface area contributed by atoms with Gasteiger partial charge in [-0.05, 0) is 25.9 Å². The molecule has 0 amide bonds. The first-order valence-corrected chi connectivity index (χ1v) is 3.86. The molecule has 0 unspecified atom stereocenters. The van der Waals surface area contributed by atoms with Gasteiger partial charge in [0.15, 0.2) is 0 Å². The van der Waals surface area contributed by atoms with E-state index in [1.165, 1.54) is 4.90 Å². The Morgan fingerprint density at radius 2 is 2.09 bits per heavy atom. The lowest BCUT2D eigenvalue weighted by Crippen LogP contribution is -2.40. The van der Waals surface area contributed by atoms with E-state index in [1.807, 2.05) is 0 Å². The van der Waals surface area contributed by atoms with Crippen molar-refractivity contribution < 1.29 is 13.2 Å². The molecule has 1 nitrogen and oxygen atoms in total. The van der Waals surface area contributed by atoms with Crippen molar-refractivity contribution in [3.05, 3.63) is 0 Å². The Morgan fingerprint density at radius 3 is 2.45 bits per heavy atom. The second-order valence-corrected chi connectivity index (χ2v) is 2.83. The van der Waals surface area contributed by atoms with Gasteiger partial charge < -0.3 is 0 Å². The van der Waals surface area contributed by atoms with Crippen molar-refractivity contribution in [3.8, 4) is 0 Å². The third-order valence-corrected chi connectivity index (χ3v) is 2.15. The van der Waals surface area contributed by atoms with Gasteiger partial charge in [0, 0.05) is 0 Å². The van der Waals surface area contributed by atoms with Crippen molar-refractivity contribution >= 4 is 0 Å². The van der Waals surface area contributed by atoms with Crippen LogP contribution in [0.25, 0.3) is 0 Å². The molecule has 0 aromatic heterocycles. The van der Waals surface area contributed by atoms with Crippen LogP contribution < -0.4 is 0 Å². The minimum Gasteiger partial charge on any atom is -0.293 e. The van der Waals surface area contributed by atoms with E-state index in [9.17, 15) is 13.2 Å². The van der Waals surface area contributed by atoms with Gasteiger partial charge in [0.25, 0.3) is 0 Å². The van der Waals surface area contributed by atoms with Crippen molar-refractivity contribution in [1.29, 1.82) is 0 Å². The molecule has 1 heterocycles. The van der Waals surface area contributed by atoms with Gasteiger partial charge in [0.05, 0.1) is 0 Å². The molecule has 1 atom stereocenters. The van der Waals surface area contributed by atoms with Crippen LogP contribution in [-0.2, 0) is 0 Å². The van der Waals surface area contributed by atoms with Crippen molar-refractivity contribution in [2.45, 2.75) is 32.0 Å². The predicted octanol–water partition coefficient (Wildman–Crippen LogP) is 2.03. The molecule has 1 saturated heterocycles. The largest absolute Gasteiger partial charge is 0.404 e. The Labute approximate surface area is 64.2 Å². The first kappa shape index (κ1) is 8.84. The van der Waals surface area contributed by atoms with Gasteiger partial charge in [0.2, 0.25) is 0 Å². The summed E-state index contributed by atoms with van der Waals surface area (Å²) >= 11 is 0. The molecule has 0 bridgehead atoms. The summed E-state index contributed by atoms with van der Waals surface area (Å²) in [5.74, 6) is 0. The fraction of sp³-hybridized carbons (Fsp3) is 1.00. The van der Waals surface area contributed by atoms with Crippen LogP contribution >= 0.6 is 0 Å². The van der Waals surface area contributed by atoms with Gasteiger partial charge in [-0.25, -0.2) is 0 Å². The lowest BCUT2D eigenvalue weighted by molar-refractivity contribution is -0.175. The van der Waals surface area contributed by atoms with Crippen LogP contribution in [0.1, 0.15) is 19.8 Å². The molecule has 1 fully saturated rings. The molecule has 0 aromatic rings. The third kappa shape index (κ3) is 1.86. The second kappa shape index (κ2) is 3.01. The molecule has 0 spiro atoms. The van der Waals surface area contributed by atoms with E-state index in [0.717, 1.165) is 0 Å². The highest BCUT2D eigenvalue weighted by atomic mass is 19.4. The Hall–Kier alpha value is -0.250. The normalized spacial score (nSPS) is 27.8. The summed E-state index contributed by atoms with van der Waals surface area (Å²) in [5.41, 5.74) is 0. The first-order chi connectivity index (χ1) is 5.05. The predicted molar refractivity (Wildman–Crippen MR) is 36.3 cm³/mol. The van der Waals surface area contributed by atoms with Gasteiger partial charge in [-0.1, -0.05) is 6.92 Å². The summed E-state index contributed by atoms with van der Waals surface area (Å²) in [5, 5.41) is 0. The summed E-state index contributed by atoms with van der Waals surface area (Å²) in [4.78, 5) is 1.49. The number of rotatable bonds is 1. The molecule has 0 N–H and O–H groups in total. The second-order valence-electron chi connectivity index (χ2n) is 2.83. The number of nitrogens with zero attached hydrogens (tertiary/aromatic N) is 1. The highest BCUT2D eigenvalue weighted by molar-refractivity contribution is 4.83. The maximum absolute atomic E-state index is 12.2. The number of hydrogen-bond donors (Lipinski definition) is 0. The molecule has 0 saturated carbocycles. The summed E-state index contributed by atoms with van der Waals surface area (Å²) in [6.45, 7) is 2.87. The molecule has 0 aliphatic carbocycles. The van der Waals surface area contributed by atoms with E-state index in [0.29, 0.717) is 19.5 Å². The third-order valence-electron chi connectivity index (χ3n) is 2.15. The average molecular weight is 167 g/mol. The molecule has 1 aliphatic heterocycles. The van der Waals surface area contributed by atoms with E-state index in [4.69, 9.17) is 0 Å². The summed E-state index contributed by atoms with van der Waals surface area (Å²) in [6.07, 6.45) is -3.07. The zero-order valence-electron chi connectivity index (χ0n) is 6.49. The zero-order chi connectivity index (χ0) is 8.48. The van der Waals surface area contributed by atoms with Gasteiger partial charge >= 0.3 is 6.18 Å². The Morgan fingerprint density at radius 1 is 1.45 bits per heavy atom. The lowest BCUT2D eigenvalue weighted by atomic mass is 10.2. The van der Waals surface area contributed by atoms with Crippen LogP contribution in [0, 0.1) is 0 Å². The smallest absolute Gasteiger partial charge is 0.293 e. The number of likely N-dealkylation sites (tertiary alicyclic amines) is 1. The summed E-state index contributed by atoms with van der Waals surface area (Å²) < 4.78 is 36.5. The van der Waals surface area contributed by atoms with Crippen molar-refractivity contribution in [2.75, 3.05) is 13.1 Å². The van der Waals surface area contributed by atoms with E-state index in [1.54, 1.807) is 6.92 Å². The Balaban J connectivity index is 2.57. The van der Waals surface area contributed by atoms with Crippen LogP contribution in [-0.4, -0.2) is 30.2 Å². The molecule has 4 heteroatoms. The topological polar surface area (TPSA) is 3.24 Å². The quantitative estimate of drug-likeness (QED) is 0.577. The first-order valence-electron chi connectivity index (χ1n) is 3.86. The molecule has 1 rings (SSSR count). The lowest BCUT2D eigenvalue weighted by Gasteiger charge is -2.24. The van der Waals surface area contributed by atoms with Gasteiger partial charge in [0.1, 0.15) is 6.04 Å². The molecular weight excluding hydrogens is 155 g/mol. The number of halogens is 3. The highest BCUT2D eigenvalue weighted by Gasteiger charge is 2.44. The highest BCUT2D eigenvalue weighted by Crippen LogP contribution is 2.31. The maximum atomic E-state index is 12.2. The van der Waals surface area contributed by atoms with Crippen molar-refractivity contribution in [1.82, 2.24) is 4.90 Å². The molecule has 1 aliphatic rings. The van der Waals surface area contributed by atoms with E-state index in [-0.39, 0.29) is 6.42 Å². The molecule has 11 heavy (non-hydrogen) atoms. The van der Waals surface area contributed by atoms with E-state index in [2.05, 4.69) is 0 Å². The fourth-order valence-electron chi connectivity index (χ4n) is 1.58. The van der Waals surface area contributed by atoms with Crippen LogP contribution in [0.2, 0.25) is 0 Å². The van der Waals surface area contributed by atoms with Gasteiger partial charge in [-0.2, -0.15) is 13.2 Å². The number of hydrogen-bond acceptors (Lipinski definition) is 1. The van der Waals surface area contributed by atoms with E-state index >= 15 is 0 Å². The van der Waals surface area contributed by atoms with Crippen molar-refractivity contribution in [3.63, 3.8) is 0 Å². The Kier molecular flexibility index (Phi) is 2.42.